The zero-order valence-corrected chi connectivity index (χ0v) is 27.0. The lowest BCUT2D eigenvalue weighted by molar-refractivity contribution is -0.312. The highest BCUT2D eigenvalue weighted by atomic mass is 16.7. The summed E-state index contributed by atoms with van der Waals surface area (Å²) >= 11 is 0. The molecule has 0 radical (unpaired) electrons. The van der Waals surface area contributed by atoms with E-state index in [9.17, 15) is 65.1 Å². The average molecular weight is 712 g/mol. The van der Waals surface area contributed by atoms with Crippen molar-refractivity contribution >= 4 is 23.4 Å². The number of ether oxygens (including phenoxy) is 3. The average Bonchev–Trinajstić information content (AvgIpc) is 3.08. The van der Waals surface area contributed by atoms with Crippen LogP contribution in [0.3, 0.4) is 0 Å². The van der Waals surface area contributed by atoms with Gasteiger partial charge in [-0.15, -0.1) is 0 Å². The highest BCUT2D eigenvalue weighted by Gasteiger charge is 2.48. The number of aliphatic hydroxyl groups excluding tert-OH is 5. The molecule has 0 spiro atoms. The van der Waals surface area contributed by atoms with Crippen LogP contribution < -0.4 is 10.1 Å². The molecule has 3 aliphatic rings. The van der Waals surface area contributed by atoms with Crippen LogP contribution in [0, 0.1) is 6.92 Å². The molecule has 1 saturated heterocycles. The number of phenols is 3. The van der Waals surface area contributed by atoms with Crippen LogP contribution in [-0.4, -0.2) is 120 Å². The van der Waals surface area contributed by atoms with Crippen LogP contribution in [-0.2, 0) is 14.3 Å². The number of methoxy groups -OCH3 is 1. The number of amides is 1. The van der Waals surface area contributed by atoms with Crippen LogP contribution in [0.5, 0.6) is 23.0 Å². The Kier molecular flexibility index (Phi) is 9.01. The summed E-state index contributed by atoms with van der Waals surface area (Å²) in [5.41, 5.74) is -3.64. The molecular formula is C34H33NO16. The number of nitrogens with one attached hydrogen (secondary N) is 1. The Bertz CT molecular complexity index is 2010. The fraction of sp³-hybridized carbons (Fsp3) is 0.353. The summed E-state index contributed by atoms with van der Waals surface area (Å²) in [6.07, 6.45) is -11.5. The minimum atomic E-state index is -1.88. The molecule has 17 heteroatoms. The number of fused-ring (bicyclic) bond motifs is 5. The molecule has 17 nitrogen and oxygen atoms in total. The Morgan fingerprint density at radius 3 is 2.12 bits per heavy atom. The van der Waals surface area contributed by atoms with Crippen molar-refractivity contribution in [3.8, 4) is 34.1 Å². The first-order valence-corrected chi connectivity index (χ1v) is 15.5. The van der Waals surface area contributed by atoms with Gasteiger partial charge in [0, 0.05) is 28.3 Å². The molecule has 0 saturated carbocycles. The molecule has 0 unspecified atom stereocenters. The van der Waals surface area contributed by atoms with E-state index in [-0.39, 0.29) is 28.0 Å². The van der Waals surface area contributed by atoms with E-state index in [2.05, 4.69) is 5.32 Å². The van der Waals surface area contributed by atoms with Gasteiger partial charge < -0.3 is 65.5 Å². The summed E-state index contributed by atoms with van der Waals surface area (Å²) in [4.78, 5) is 52.6. The van der Waals surface area contributed by atoms with E-state index in [1.165, 1.54) is 33.1 Å². The molecule has 1 aliphatic heterocycles. The number of aliphatic hydroxyl groups is 5. The molecule has 1 amide bonds. The lowest BCUT2D eigenvalue weighted by Crippen LogP contribution is -2.57. The minimum Gasteiger partial charge on any atom is -0.507 e. The van der Waals surface area contributed by atoms with E-state index in [0.29, 0.717) is 0 Å². The number of aryl methyl sites for hydroxylation is 1. The number of carbonyl (C=O) groups is 4. The Hall–Kier alpha value is -5.14. The van der Waals surface area contributed by atoms with Crippen molar-refractivity contribution in [3.05, 3.63) is 68.8 Å². The van der Waals surface area contributed by atoms with Gasteiger partial charge in [0.05, 0.1) is 36.5 Å². The van der Waals surface area contributed by atoms with E-state index in [1.54, 1.807) is 0 Å². The first-order valence-electron chi connectivity index (χ1n) is 15.5. The standard InChI is InChI=1S/C34H33NO16/c1-9-4-15-21(27(42)18(9)32(46)35-16(8-36)33(47)48)20-13(26(41)31(15)51-34-30(45)29(44)23(38)10(2)50-34)7-14-22(28(20)43)25(40)12-5-11(49-3)6-17(37)19(12)24(14)39/h4-7,10,16,23,26,29-31,34,36-38,41-45H,8H2,1-3H3,(H,35,46)(H,47,48)/t10-,16-,23-,26+,29-,30+,31+,34-/m0/s1. The SMILES string of the molecule is COc1cc(O)c2c(c1)C(=O)c1c(cc3c(c1O)-c1c(cc(C)c(C(=O)N[C@@H](CO)C(=O)O)c1O)[C@@H](O[C@@H]1O[C@@H](C)[C@H](O)[C@H](O)[C@H]1O)[C@@H]3O)C2=O. The maximum Gasteiger partial charge on any atom is 0.328 e. The highest BCUT2D eigenvalue weighted by Crippen LogP contribution is 2.57. The molecule has 0 aromatic heterocycles. The molecular weight excluding hydrogens is 678 g/mol. The molecule has 6 rings (SSSR count). The van der Waals surface area contributed by atoms with Crippen LogP contribution in [0.25, 0.3) is 11.1 Å². The number of ketones is 2. The van der Waals surface area contributed by atoms with Gasteiger partial charge in [-0.05, 0) is 42.7 Å². The predicted octanol–water partition coefficient (Wildman–Crippen LogP) is -0.330. The number of rotatable bonds is 7. The molecule has 3 aromatic rings. The quantitative estimate of drug-likeness (QED) is 0.117. The maximum absolute atomic E-state index is 13.9. The van der Waals surface area contributed by atoms with Gasteiger partial charge in [-0.1, -0.05) is 6.07 Å². The summed E-state index contributed by atoms with van der Waals surface area (Å²) in [6, 6.07) is 2.76. The minimum absolute atomic E-state index is 0.0134. The third-order valence-corrected chi connectivity index (χ3v) is 9.39. The van der Waals surface area contributed by atoms with E-state index in [0.717, 1.165) is 12.1 Å². The Balaban J connectivity index is 1.59. The predicted molar refractivity (Wildman–Crippen MR) is 169 cm³/mol. The van der Waals surface area contributed by atoms with E-state index in [1.807, 2.05) is 0 Å². The van der Waals surface area contributed by atoms with Crippen molar-refractivity contribution in [1.82, 2.24) is 5.32 Å². The zero-order valence-electron chi connectivity index (χ0n) is 27.0. The molecule has 8 atom stereocenters. The largest absolute Gasteiger partial charge is 0.507 e. The smallest absolute Gasteiger partial charge is 0.328 e. The Labute approximate surface area is 287 Å². The van der Waals surface area contributed by atoms with Crippen molar-refractivity contribution < 1.29 is 79.3 Å². The monoisotopic (exact) mass is 711 g/mol. The fourth-order valence-corrected chi connectivity index (χ4v) is 6.77. The highest BCUT2D eigenvalue weighted by molar-refractivity contribution is 6.31. The summed E-state index contributed by atoms with van der Waals surface area (Å²) < 4.78 is 16.7. The van der Waals surface area contributed by atoms with Gasteiger partial charge in [-0.3, -0.25) is 14.4 Å². The third kappa shape index (κ3) is 5.46. The maximum atomic E-state index is 13.9. The first-order chi connectivity index (χ1) is 24.0. The normalized spacial score (nSPS) is 25.6. The van der Waals surface area contributed by atoms with Crippen LogP contribution in [0.4, 0.5) is 0 Å². The Morgan fingerprint density at radius 2 is 1.49 bits per heavy atom. The second kappa shape index (κ2) is 12.9. The van der Waals surface area contributed by atoms with Gasteiger partial charge in [-0.2, -0.15) is 0 Å². The number of phenolic OH excluding ortho intramolecular Hbond substituents is 3. The number of hydrogen-bond donors (Lipinski definition) is 10. The van der Waals surface area contributed by atoms with E-state index < -0.39 is 130 Å². The van der Waals surface area contributed by atoms with Crippen LogP contribution in [0.1, 0.15) is 78.0 Å². The van der Waals surface area contributed by atoms with Crippen molar-refractivity contribution in [2.75, 3.05) is 13.7 Å². The molecule has 0 bridgehead atoms. The molecule has 3 aromatic carbocycles. The number of carboxylic acids is 1. The number of carbonyl (C=O) groups excluding carboxylic acids is 3. The number of aromatic hydroxyl groups is 3. The van der Waals surface area contributed by atoms with Gasteiger partial charge in [0.1, 0.15) is 53.5 Å². The number of hydrogen-bond acceptors (Lipinski definition) is 15. The van der Waals surface area contributed by atoms with Gasteiger partial charge in [0.15, 0.2) is 23.9 Å². The summed E-state index contributed by atoms with van der Waals surface area (Å²) in [7, 11) is 1.26. The zero-order chi connectivity index (χ0) is 37.4. The van der Waals surface area contributed by atoms with E-state index in [4.69, 9.17) is 14.2 Å². The number of aliphatic carboxylic acids is 1. The van der Waals surface area contributed by atoms with Crippen molar-refractivity contribution in [2.45, 2.75) is 62.8 Å². The lowest BCUT2D eigenvalue weighted by Gasteiger charge is -2.42. The van der Waals surface area contributed by atoms with Crippen LogP contribution >= 0.6 is 0 Å². The van der Waals surface area contributed by atoms with Crippen LogP contribution in [0.2, 0.25) is 0 Å². The summed E-state index contributed by atoms with van der Waals surface area (Å²) in [5, 5.41) is 98.3. The lowest BCUT2D eigenvalue weighted by atomic mass is 9.74. The fourth-order valence-electron chi connectivity index (χ4n) is 6.77. The molecule has 1 heterocycles. The second-order valence-electron chi connectivity index (χ2n) is 12.5. The van der Waals surface area contributed by atoms with Crippen molar-refractivity contribution in [2.24, 2.45) is 0 Å². The van der Waals surface area contributed by atoms with Crippen LogP contribution in [0.15, 0.2) is 24.3 Å². The number of benzene rings is 3. The third-order valence-electron chi connectivity index (χ3n) is 9.39. The Morgan fingerprint density at radius 1 is 0.863 bits per heavy atom. The number of carboxylic acid groups (broad SMARTS) is 1. The summed E-state index contributed by atoms with van der Waals surface area (Å²) in [6.45, 7) is 1.71. The molecule has 1 fully saturated rings. The molecule has 270 valence electrons. The first kappa shape index (κ1) is 35.7. The summed E-state index contributed by atoms with van der Waals surface area (Å²) in [5.74, 6) is -7.05. The van der Waals surface area contributed by atoms with Gasteiger partial charge in [0.2, 0.25) is 0 Å². The molecule has 10 N–H and O–H groups in total. The second-order valence-corrected chi connectivity index (χ2v) is 12.5. The van der Waals surface area contributed by atoms with Gasteiger partial charge in [-0.25, -0.2) is 4.79 Å². The molecule has 2 aliphatic carbocycles. The topological polar surface area (TPSA) is 290 Å². The van der Waals surface area contributed by atoms with Crippen molar-refractivity contribution in [1.29, 1.82) is 0 Å². The van der Waals surface area contributed by atoms with Gasteiger partial charge >= 0.3 is 5.97 Å². The van der Waals surface area contributed by atoms with Crippen molar-refractivity contribution in [3.63, 3.8) is 0 Å². The van der Waals surface area contributed by atoms with E-state index >= 15 is 0 Å². The van der Waals surface area contributed by atoms with Gasteiger partial charge in [0.25, 0.3) is 5.91 Å². The molecule has 51 heavy (non-hydrogen) atoms.